The van der Waals surface area contributed by atoms with E-state index in [-0.39, 0.29) is 17.8 Å². The number of hydrogen-bond donors (Lipinski definition) is 1. The SMILES string of the molecule is COc1cccc2c1C(C)(C)C(CC(=O)O)CC2. The van der Waals surface area contributed by atoms with Crippen molar-refractivity contribution in [1.29, 1.82) is 0 Å². The molecule has 0 heterocycles. The van der Waals surface area contributed by atoms with Crippen molar-refractivity contribution in [1.82, 2.24) is 0 Å². The molecule has 0 bridgehead atoms. The average Bonchev–Trinajstić information content (AvgIpc) is 2.31. The molecule has 0 saturated carbocycles. The topological polar surface area (TPSA) is 46.5 Å². The van der Waals surface area contributed by atoms with Gasteiger partial charge >= 0.3 is 5.97 Å². The van der Waals surface area contributed by atoms with Crippen molar-refractivity contribution in [2.45, 2.75) is 38.5 Å². The first-order chi connectivity index (χ1) is 8.46. The quantitative estimate of drug-likeness (QED) is 0.894. The molecule has 3 nitrogen and oxygen atoms in total. The summed E-state index contributed by atoms with van der Waals surface area (Å²) in [6, 6.07) is 6.09. The van der Waals surface area contributed by atoms with Crippen LogP contribution in [0.1, 0.15) is 37.8 Å². The normalized spacial score (nSPS) is 21.2. The molecule has 2 rings (SSSR count). The molecule has 98 valence electrons. The molecule has 0 aliphatic heterocycles. The van der Waals surface area contributed by atoms with Crippen LogP contribution in [0.5, 0.6) is 5.75 Å². The summed E-state index contributed by atoms with van der Waals surface area (Å²) in [7, 11) is 1.67. The van der Waals surface area contributed by atoms with Crippen LogP contribution in [0, 0.1) is 5.92 Å². The van der Waals surface area contributed by atoms with E-state index in [2.05, 4.69) is 19.9 Å². The van der Waals surface area contributed by atoms with Crippen LogP contribution in [0.25, 0.3) is 0 Å². The first-order valence-electron chi connectivity index (χ1n) is 6.35. The fraction of sp³-hybridized carbons (Fsp3) is 0.533. The van der Waals surface area contributed by atoms with Gasteiger partial charge in [0.15, 0.2) is 0 Å². The molecule has 0 spiro atoms. The lowest BCUT2D eigenvalue weighted by Crippen LogP contribution is -2.36. The summed E-state index contributed by atoms with van der Waals surface area (Å²) in [4.78, 5) is 11.0. The summed E-state index contributed by atoms with van der Waals surface area (Å²) in [5, 5.41) is 9.04. The summed E-state index contributed by atoms with van der Waals surface area (Å²) >= 11 is 0. The van der Waals surface area contributed by atoms with Crippen molar-refractivity contribution >= 4 is 5.97 Å². The zero-order valence-corrected chi connectivity index (χ0v) is 11.2. The predicted molar refractivity (Wildman–Crippen MR) is 70.1 cm³/mol. The first-order valence-corrected chi connectivity index (χ1v) is 6.35. The Labute approximate surface area is 108 Å². The Morgan fingerprint density at radius 3 is 2.83 bits per heavy atom. The molecule has 1 atom stereocenters. The number of rotatable bonds is 3. The molecule has 0 amide bonds. The number of carbonyl (C=O) groups is 1. The highest BCUT2D eigenvalue weighted by Crippen LogP contribution is 2.46. The van der Waals surface area contributed by atoms with Gasteiger partial charge in [0.05, 0.1) is 7.11 Å². The van der Waals surface area contributed by atoms with Crippen molar-refractivity contribution < 1.29 is 14.6 Å². The van der Waals surface area contributed by atoms with Gasteiger partial charge in [-0.15, -0.1) is 0 Å². The zero-order valence-electron chi connectivity index (χ0n) is 11.2. The second-order valence-corrected chi connectivity index (χ2v) is 5.55. The molecule has 0 saturated heterocycles. The third-order valence-electron chi connectivity index (χ3n) is 4.18. The molecule has 1 unspecified atom stereocenters. The van der Waals surface area contributed by atoms with Gasteiger partial charge in [0.2, 0.25) is 0 Å². The molecule has 0 fully saturated rings. The Bertz CT molecular complexity index is 449. The Morgan fingerprint density at radius 2 is 2.22 bits per heavy atom. The van der Waals surface area contributed by atoms with Crippen molar-refractivity contribution in [3.8, 4) is 5.75 Å². The molecule has 1 aromatic carbocycles. The van der Waals surface area contributed by atoms with Gasteiger partial charge in [-0.05, 0) is 35.8 Å². The minimum absolute atomic E-state index is 0.154. The van der Waals surface area contributed by atoms with Crippen LogP contribution in [-0.4, -0.2) is 18.2 Å². The highest BCUT2D eigenvalue weighted by Gasteiger charge is 2.39. The minimum atomic E-state index is -0.716. The fourth-order valence-electron chi connectivity index (χ4n) is 3.15. The Morgan fingerprint density at radius 1 is 1.50 bits per heavy atom. The number of aliphatic carboxylic acids is 1. The van der Waals surface area contributed by atoms with Crippen LogP contribution >= 0.6 is 0 Å². The van der Waals surface area contributed by atoms with Gasteiger partial charge < -0.3 is 9.84 Å². The number of fused-ring (bicyclic) bond motifs is 1. The molecule has 3 heteroatoms. The highest BCUT2D eigenvalue weighted by atomic mass is 16.5. The number of carboxylic acids is 1. The van der Waals surface area contributed by atoms with Crippen LogP contribution < -0.4 is 4.74 Å². The van der Waals surface area contributed by atoms with Gasteiger partial charge in [-0.3, -0.25) is 4.79 Å². The van der Waals surface area contributed by atoms with Crippen molar-refractivity contribution in [3.05, 3.63) is 29.3 Å². The molecule has 1 aliphatic carbocycles. The van der Waals surface area contributed by atoms with E-state index in [1.54, 1.807) is 7.11 Å². The van der Waals surface area contributed by atoms with Gasteiger partial charge in [0.1, 0.15) is 5.75 Å². The fourth-order valence-corrected chi connectivity index (χ4v) is 3.15. The van der Waals surface area contributed by atoms with Crippen LogP contribution in [0.2, 0.25) is 0 Å². The third-order valence-corrected chi connectivity index (χ3v) is 4.18. The van der Waals surface area contributed by atoms with E-state index in [1.807, 2.05) is 12.1 Å². The Hall–Kier alpha value is -1.51. The number of benzene rings is 1. The molecule has 0 radical (unpaired) electrons. The van der Waals surface area contributed by atoms with E-state index in [9.17, 15) is 4.79 Å². The number of aryl methyl sites for hydroxylation is 1. The molecular formula is C15H20O3. The largest absolute Gasteiger partial charge is 0.496 e. The highest BCUT2D eigenvalue weighted by molar-refractivity contribution is 5.67. The van der Waals surface area contributed by atoms with E-state index in [1.165, 1.54) is 11.1 Å². The van der Waals surface area contributed by atoms with Crippen molar-refractivity contribution in [2.75, 3.05) is 7.11 Å². The Balaban J connectivity index is 2.46. The van der Waals surface area contributed by atoms with Crippen LogP contribution in [-0.2, 0) is 16.6 Å². The van der Waals surface area contributed by atoms with Gasteiger partial charge in [-0.25, -0.2) is 0 Å². The number of hydrogen-bond acceptors (Lipinski definition) is 2. The van der Waals surface area contributed by atoms with Gasteiger partial charge in [-0.2, -0.15) is 0 Å². The summed E-state index contributed by atoms with van der Waals surface area (Å²) in [5.74, 6) is 0.331. The average molecular weight is 248 g/mol. The Kier molecular flexibility index (Phi) is 3.33. The van der Waals surface area contributed by atoms with Gasteiger partial charge in [0, 0.05) is 12.0 Å². The summed E-state index contributed by atoms with van der Waals surface area (Å²) in [6.45, 7) is 4.25. The summed E-state index contributed by atoms with van der Waals surface area (Å²) in [6.07, 6.45) is 2.10. The van der Waals surface area contributed by atoms with E-state index >= 15 is 0 Å². The first kappa shape index (κ1) is 12.9. The second kappa shape index (κ2) is 4.63. The molecular weight excluding hydrogens is 228 g/mol. The lowest BCUT2D eigenvalue weighted by molar-refractivity contribution is -0.138. The van der Waals surface area contributed by atoms with E-state index in [0.29, 0.717) is 0 Å². The van der Waals surface area contributed by atoms with Crippen LogP contribution in [0.4, 0.5) is 0 Å². The smallest absolute Gasteiger partial charge is 0.303 e. The van der Waals surface area contributed by atoms with Crippen LogP contribution in [0.3, 0.4) is 0 Å². The molecule has 0 aromatic heterocycles. The van der Waals surface area contributed by atoms with Crippen molar-refractivity contribution in [3.63, 3.8) is 0 Å². The summed E-state index contributed by atoms with van der Waals surface area (Å²) in [5.41, 5.74) is 2.32. The maximum Gasteiger partial charge on any atom is 0.303 e. The monoisotopic (exact) mass is 248 g/mol. The molecule has 1 aliphatic rings. The number of ether oxygens (including phenoxy) is 1. The third kappa shape index (κ3) is 2.09. The maximum absolute atomic E-state index is 11.0. The van der Waals surface area contributed by atoms with Crippen molar-refractivity contribution in [2.24, 2.45) is 5.92 Å². The van der Waals surface area contributed by atoms with E-state index in [4.69, 9.17) is 9.84 Å². The van der Waals surface area contributed by atoms with Crippen LogP contribution in [0.15, 0.2) is 18.2 Å². The lowest BCUT2D eigenvalue weighted by Gasteiger charge is -2.40. The standard InChI is InChI=1S/C15H20O3/c1-15(2)11(9-13(16)17)8-7-10-5-4-6-12(18-3)14(10)15/h4-6,11H,7-9H2,1-3H3,(H,16,17). The predicted octanol–water partition coefficient (Wildman–Crippen LogP) is 3.01. The number of methoxy groups -OCH3 is 1. The molecule has 1 aromatic rings. The second-order valence-electron chi connectivity index (χ2n) is 5.55. The van der Waals surface area contributed by atoms with Gasteiger partial charge in [-0.1, -0.05) is 26.0 Å². The lowest BCUT2D eigenvalue weighted by atomic mass is 9.64. The maximum atomic E-state index is 11.0. The molecule has 1 N–H and O–H groups in total. The molecule has 18 heavy (non-hydrogen) atoms. The van der Waals surface area contributed by atoms with E-state index < -0.39 is 5.97 Å². The van der Waals surface area contributed by atoms with Gasteiger partial charge in [0.25, 0.3) is 0 Å². The summed E-state index contributed by atoms with van der Waals surface area (Å²) < 4.78 is 5.45. The minimum Gasteiger partial charge on any atom is -0.496 e. The van der Waals surface area contributed by atoms with E-state index in [0.717, 1.165) is 18.6 Å². The number of carboxylic acid groups (broad SMARTS) is 1. The zero-order chi connectivity index (χ0) is 13.3.